The lowest BCUT2D eigenvalue weighted by Gasteiger charge is -2.14. The summed E-state index contributed by atoms with van der Waals surface area (Å²) in [6.07, 6.45) is 0. The lowest BCUT2D eigenvalue weighted by molar-refractivity contribution is 0.785. The van der Waals surface area contributed by atoms with Gasteiger partial charge in [-0.1, -0.05) is 66.7 Å². The van der Waals surface area contributed by atoms with E-state index < -0.39 is 0 Å². The smallest absolute Gasteiger partial charge is 0.0706 e. The molecule has 3 rings (SSSR count). The van der Waals surface area contributed by atoms with Crippen LogP contribution in [0.3, 0.4) is 0 Å². The zero-order valence-electron chi connectivity index (χ0n) is 12.0. The summed E-state index contributed by atoms with van der Waals surface area (Å²) in [6.45, 7) is 1.98. The second kappa shape index (κ2) is 5.90. The fourth-order valence-electron chi connectivity index (χ4n) is 2.45. The van der Waals surface area contributed by atoms with Crippen LogP contribution in [0, 0.1) is 0 Å². The van der Waals surface area contributed by atoms with Gasteiger partial charge in [0, 0.05) is 17.2 Å². The molecule has 2 heteroatoms. The molecule has 0 bridgehead atoms. The van der Waals surface area contributed by atoms with E-state index in [9.17, 15) is 0 Å². The first-order valence-corrected chi connectivity index (χ1v) is 7.13. The first-order valence-electron chi connectivity index (χ1n) is 7.13. The van der Waals surface area contributed by atoms with Crippen molar-refractivity contribution < 1.29 is 0 Å². The summed E-state index contributed by atoms with van der Waals surface area (Å²) >= 11 is 0. The van der Waals surface area contributed by atoms with Gasteiger partial charge in [-0.25, -0.2) is 0 Å². The highest BCUT2D eigenvalue weighted by Gasteiger charge is 2.12. The minimum atomic E-state index is -0.108. The number of pyridine rings is 1. The fraction of sp³-hybridized carbons (Fsp3) is 0.105. The molecule has 0 radical (unpaired) electrons. The Morgan fingerprint density at radius 3 is 1.90 bits per heavy atom. The monoisotopic (exact) mass is 274 g/mol. The van der Waals surface area contributed by atoms with Gasteiger partial charge in [0.2, 0.25) is 0 Å². The van der Waals surface area contributed by atoms with Crippen molar-refractivity contribution >= 4 is 0 Å². The van der Waals surface area contributed by atoms with E-state index >= 15 is 0 Å². The number of hydrogen-bond acceptors (Lipinski definition) is 2. The van der Waals surface area contributed by atoms with Crippen molar-refractivity contribution in [3.05, 3.63) is 78.5 Å². The highest BCUT2D eigenvalue weighted by molar-refractivity contribution is 5.70. The zero-order valence-corrected chi connectivity index (χ0v) is 12.0. The van der Waals surface area contributed by atoms with E-state index in [1.165, 1.54) is 0 Å². The van der Waals surface area contributed by atoms with E-state index in [4.69, 9.17) is 10.7 Å². The van der Waals surface area contributed by atoms with Crippen molar-refractivity contribution in [1.29, 1.82) is 0 Å². The van der Waals surface area contributed by atoms with Crippen LogP contribution in [0.5, 0.6) is 0 Å². The summed E-state index contributed by atoms with van der Waals surface area (Å²) in [4.78, 5) is 4.79. The number of rotatable bonds is 3. The predicted molar refractivity (Wildman–Crippen MR) is 87.7 cm³/mol. The third kappa shape index (κ3) is 2.86. The van der Waals surface area contributed by atoms with E-state index in [-0.39, 0.29) is 6.04 Å². The minimum absolute atomic E-state index is 0.108. The van der Waals surface area contributed by atoms with Gasteiger partial charge in [-0.3, -0.25) is 4.98 Å². The normalized spacial score (nSPS) is 12.1. The molecular formula is C19H18N2. The molecule has 0 aliphatic carbocycles. The van der Waals surface area contributed by atoms with Gasteiger partial charge < -0.3 is 5.73 Å². The van der Waals surface area contributed by atoms with E-state index in [1.807, 2.05) is 43.3 Å². The van der Waals surface area contributed by atoms with Gasteiger partial charge in [-0.2, -0.15) is 0 Å². The van der Waals surface area contributed by atoms with Crippen molar-refractivity contribution in [2.45, 2.75) is 13.0 Å². The maximum absolute atomic E-state index is 6.14. The van der Waals surface area contributed by atoms with Crippen molar-refractivity contribution in [3.63, 3.8) is 0 Å². The molecule has 0 fully saturated rings. The molecule has 2 N–H and O–H groups in total. The van der Waals surface area contributed by atoms with E-state index in [2.05, 4.69) is 36.4 Å². The van der Waals surface area contributed by atoms with Crippen LogP contribution in [0.2, 0.25) is 0 Å². The Balaban J connectivity index is 2.12. The Morgan fingerprint density at radius 1 is 0.762 bits per heavy atom. The second-order valence-corrected chi connectivity index (χ2v) is 5.15. The lowest BCUT2D eigenvalue weighted by Crippen LogP contribution is -2.09. The largest absolute Gasteiger partial charge is 0.323 e. The first-order chi connectivity index (χ1) is 10.3. The molecule has 0 aliphatic heterocycles. The number of benzene rings is 2. The molecule has 1 unspecified atom stereocenters. The Bertz CT molecular complexity index is 719. The summed E-state index contributed by atoms with van der Waals surface area (Å²) < 4.78 is 0. The van der Waals surface area contributed by atoms with Gasteiger partial charge in [0.1, 0.15) is 0 Å². The molecule has 0 spiro atoms. The van der Waals surface area contributed by atoms with E-state index in [0.29, 0.717) is 0 Å². The average Bonchev–Trinajstić information content (AvgIpc) is 2.56. The predicted octanol–water partition coefficient (Wildman–Crippen LogP) is 4.44. The Labute approximate surface area is 125 Å². The van der Waals surface area contributed by atoms with Crippen molar-refractivity contribution in [1.82, 2.24) is 4.98 Å². The fourth-order valence-corrected chi connectivity index (χ4v) is 2.45. The molecule has 0 saturated carbocycles. The molecule has 0 amide bonds. The summed E-state index contributed by atoms with van der Waals surface area (Å²) in [6, 6.07) is 24.5. The van der Waals surface area contributed by atoms with Crippen LogP contribution in [-0.4, -0.2) is 4.98 Å². The molecule has 1 heterocycles. The lowest BCUT2D eigenvalue weighted by atomic mass is 9.99. The quantitative estimate of drug-likeness (QED) is 0.767. The van der Waals surface area contributed by atoms with Crippen LogP contribution in [0.15, 0.2) is 72.8 Å². The van der Waals surface area contributed by atoms with Crippen molar-refractivity contribution in [3.8, 4) is 22.4 Å². The summed E-state index contributed by atoms with van der Waals surface area (Å²) in [5.41, 5.74) is 11.4. The van der Waals surface area contributed by atoms with Crippen molar-refractivity contribution in [2.75, 3.05) is 0 Å². The molecule has 104 valence electrons. The second-order valence-electron chi connectivity index (χ2n) is 5.15. The summed E-state index contributed by atoms with van der Waals surface area (Å²) in [7, 11) is 0. The Hall–Kier alpha value is -2.45. The SMILES string of the molecule is CC(N)c1nc(-c2ccccc2)ccc1-c1ccccc1. The molecule has 3 aromatic rings. The van der Waals surface area contributed by atoms with E-state index in [0.717, 1.165) is 28.1 Å². The molecule has 0 aliphatic rings. The summed E-state index contributed by atoms with van der Waals surface area (Å²) in [5.74, 6) is 0. The van der Waals surface area contributed by atoms with Crippen LogP contribution in [0.1, 0.15) is 18.7 Å². The maximum atomic E-state index is 6.14. The molecule has 0 saturated heterocycles. The minimum Gasteiger partial charge on any atom is -0.323 e. The molecular weight excluding hydrogens is 256 g/mol. The van der Waals surface area contributed by atoms with Gasteiger partial charge in [-0.15, -0.1) is 0 Å². The van der Waals surface area contributed by atoms with Crippen molar-refractivity contribution in [2.24, 2.45) is 5.73 Å². The number of hydrogen-bond donors (Lipinski definition) is 1. The van der Waals surface area contributed by atoms with E-state index in [1.54, 1.807) is 0 Å². The van der Waals surface area contributed by atoms with Crippen LogP contribution < -0.4 is 5.73 Å². The average molecular weight is 274 g/mol. The van der Waals surface area contributed by atoms with Gasteiger partial charge in [0.05, 0.1) is 11.4 Å². The number of aromatic nitrogens is 1. The van der Waals surface area contributed by atoms with Crippen LogP contribution in [-0.2, 0) is 0 Å². The molecule has 2 nitrogen and oxygen atoms in total. The highest BCUT2D eigenvalue weighted by Crippen LogP contribution is 2.28. The van der Waals surface area contributed by atoms with Gasteiger partial charge in [-0.05, 0) is 18.6 Å². The van der Waals surface area contributed by atoms with Crippen LogP contribution in [0.25, 0.3) is 22.4 Å². The summed E-state index contributed by atoms with van der Waals surface area (Å²) in [5, 5.41) is 0. The van der Waals surface area contributed by atoms with Gasteiger partial charge in [0.15, 0.2) is 0 Å². The first kappa shape index (κ1) is 13.5. The maximum Gasteiger partial charge on any atom is 0.0706 e. The highest BCUT2D eigenvalue weighted by atomic mass is 14.8. The van der Waals surface area contributed by atoms with Crippen LogP contribution >= 0.6 is 0 Å². The topological polar surface area (TPSA) is 38.9 Å². The molecule has 1 atom stereocenters. The number of nitrogens with zero attached hydrogens (tertiary/aromatic N) is 1. The van der Waals surface area contributed by atoms with Gasteiger partial charge >= 0.3 is 0 Å². The Morgan fingerprint density at radius 2 is 1.33 bits per heavy atom. The van der Waals surface area contributed by atoms with Crippen LogP contribution in [0.4, 0.5) is 0 Å². The third-order valence-corrected chi connectivity index (χ3v) is 3.51. The molecule has 2 aromatic carbocycles. The Kier molecular flexibility index (Phi) is 3.80. The standard InChI is InChI=1S/C19H18N2/c1-14(20)19-17(15-8-4-2-5-9-15)12-13-18(21-19)16-10-6-3-7-11-16/h2-14H,20H2,1H3. The molecule has 21 heavy (non-hydrogen) atoms. The third-order valence-electron chi connectivity index (χ3n) is 3.51. The number of nitrogens with two attached hydrogens (primary N) is 1. The zero-order chi connectivity index (χ0) is 14.7. The molecule has 1 aromatic heterocycles. The van der Waals surface area contributed by atoms with Gasteiger partial charge in [0.25, 0.3) is 0 Å².